The highest BCUT2D eigenvalue weighted by Gasteiger charge is 2.19. The first-order chi connectivity index (χ1) is 16.6. The fraction of sp³-hybridized carbons (Fsp3) is 0.310. The number of hydrogen-bond acceptors (Lipinski definition) is 4. The average Bonchev–Trinajstić information content (AvgIpc) is 2.86. The Morgan fingerprint density at radius 3 is 2.15 bits per heavy atom. The number of hydrogen-bond donors (Lipinski definition) is 0. The van der Waals surface area contributed by atoms with E-state index >= 15 is 0 Å². The molecule has 0 saturated carbocycles. The van der Waals surface area contributed by atoms with Crippen molar-refractivity contribution in [3.8, 4) is 11.5 Å². The van der Waals surface area contributed by atoms with Gasteiger partial charge < -0.3 is 14.4 Å². The summed E-state index contributed by atoms with van der Waals surface area (Å²) in [5.74, 6) is 1.12. The van der Waals surface area contributed by atoms with Gasteiger partial charge in [0.05, 0.1) is 12.2 Å². The topological polar surface area (TPSA) is 55.8 Å². The van der Waals surface area contributed by atoms with Gasteiger partial charge in [0, 0.05) is 19.5 Å². The second kappa shape index (κ2) is 13.2. The standard InChI is InChI=1S/C29H33NO4/c1-3-30(4-2)29(32)34-28-19-18-24(21-23-13-7-5-8-14-23)22-26(28)27(31)17-11-12-20-33-25-15-9-6-10-16-25/h5-10,13-16,18-19,22H,3-4,11-12,17,20-21H2,1-2H3. The zero-order chi connectivity index (χ0) is 24.2. The third kappa shape index (κ3) is 7.48. The lowest BCUT2D eigenvalue weighted by molar-refractivity contribution is 0.0974. The van der Waals surface area contributed by atoms with Crippen LogP contribution in [-0.4, -0.2) is 36.5 Å². The fourth-order valence-electron chi connectivity index (χ4n) is 3.70. The third-order valence-electron chi connectivity index (χ3n) is 5.62. The van der Waals surface area contributed by atoms with Gasteiger partial charge in [-0.25, -0.2) is 4.79 Å². The largest absolute Gasteiger partial charge is 0.494 e. The zero-order valence-corrected chi connectivity index (χ0v) is 20.0. The predicted octanol–water partition coefficient (Wildman–Crippen LogP) is 6.55. The molecule has 0 aliphatic heterocycles. The van der Waals surface area contributed by atoms with Crippen molar-refractivity contribution in [1.29, 1.82) is 0 Å². The number of ether oxygens (including phenoxy) is 2. The number of rotatable bonds is 12. The van der Waals surface area contributed by atoms with E-state index in [1.807, 2.05) is 74.5 Å². The molecule has 0 aliphatic rings. The van der Waals surface area contributed by atoms with E-state index in [0.29, 0.717) is 50.3 Å². The zero-order valence-electron chi connectivity index (χ0n) is 20.0. The Balaban J connectivity index is 1.67. The summed E-state index contributed by atoms with van der Waals surface area (Å²) in [5.41, 5.74) is 2.62. The highest BCUT2D eigenvalue weighted by molar-refractivity contribution is 5.99. The first-order valence-corrected chi connectivity index (χ1v) is 11.9. The SMILES string of the molecule is CCN(CC)C(=O)Oc1ccc(Cc2ccccc2)cc1C(=O)CCCCOc1ccccc1. The lowest BCUT2D eigenvalue weighted by Gasteiger charge is -2.19. The van der Waals surface area contributed by atoms with Crippen molar-refractivity contribution >= 4 is 11.9 Å². The molecule has 0 aromatic heterocycles. The van der Waals surface area contributed by atoms with Crippen LogP contribution in [0.25, 0.3) is 0 Å². The Kier molecular flexibility index (Phi) is 9.71. The van der Waals surface area contributed by atoms with Gasteiger partial charge in [-0.1, -0.05) is 54.6 Å². The van der Waals surface area contributed by atoms with Crippen molar-refractivity contribution < 1.29 is 19.1 Å². The van der Waals surface area contributed by atoms with Crippen LogP contribution in [0.1, 0.15) is 54.6 Å². The smallest absolute Gasteiger partial charge is 0.415 e. The molecule has 34 heavy (non-hydrogen) atoms. The van der Waals surface area contributed by atoms with E-state index in [1.54, 1.807) is 11.0 Å². The molecule has 0 unspecified atom stereocenters. The number of ketones is 1. The van der Waals surface area contributed by atoms with Crippen molar-refractivity contribution in [3.05, 3.63) is 95.6 Å². The van der Waals surface area contributed by atoms with Gasteiger partial charge in [0.15, 0.2) is 5.78 Å². The Hall–Kier alpha value is -3.60. The Labute approximate surface area is 202 Å². The van der Waals surface area contributed by atoms with Crippen LogP contribution in [-0.2, 0) is 6.42 Å². The molecule has 0 spiro atoms. The van der Waals surface area contributed by atoms with Crippen LogP contribution < -0.4 is 9.47 Å². The summed E-state index contributed by atoms with van der Waals surface area (Å²) in [6.07, 6.45) is 2.09. The molecule has 178 valence electrons. The van der Waals surface area contributed by atoms with Crippen LogP contribution in [0, 0.1) is 0 Å². The van der Waals surface area contributed by atoms with Crippen LogP contribution in [0.3, 0.4) is 0 Å². The van der Waals surface area contributed by atoms with Crippen LogP contribution in [0.5, 0.6) is 11.5 Å². The molecule has 0 N–H and O–H groups in total. The monoisotopic (exact) mass is 459 g/mol. The quantitative estimate of drug-likeness (QED) is 0.228. The molecule has 0 bridgehead atoms. The molecule has 5 heteroatoms. The summed E-state index contributed by atoms with van der Waals surface area (Å²) >= 11 is 0. The van der Waals surface area contributed by atoms with Crippen LogP contribution in [0.4, 0.5) is 4.79 Å². The summed E-state index contributed by atoms with van der Waals surface area (Å²) in [4.78, 5) is 27.3. The molecule has 3 aromatic carbocycles. The second-order valence-electron chi connectivity index (χ2n) is 8.07. The van der Waals surface area contributed by atoms with Crippen molar-refractivity contribution in [2.24, 2.45) is 0 Å². The first-order valence-electron chi connectivity index (χ1n) is 11.9. The van der Waals surface area contributed by atoms with Crippen LogP contribution in [0.15, 0.2) is 78.9 Å². The van der Waals surface area contributed by atoms with Crippen molar-refractivity contribution in [1.82, 2.24) is 4.90 Å². The molecule has 0 fully saturated rings. The van der Waals surface area contributed by atoms with Gasteiger partial charge in [-0.3, -0.25) is 4.79 Å². The molecule has 0 heterocycles. The third-order valence-corrected chi connectivity index (χ3v) is 5.62. The van der Waals surface area contributed by atoms with Gasteiger partial charge in [-0.05, 0) is 68.5 Å². The average molecular weight is 460 g/mol. The summed E-state index contributed by atoms with van der Waals surface area (Å²) in [6, 6.07) is 25.3. The Morgan fingerprint density at radius 2 is 1.47 bits per heavy atom. The maximum atomic E-state index is 13.1. The van der Waals surface area contributed by atoms with Crippen molar-refractivity contribution in [3.63, 3.8) is 0 Å². The van der Waals surface area contributed by atoms with E-state index in [1.165, 1.54) is 0 Å². The summed E-state index contributed by atoms with van der Waals surface area (Å²) in [6.45, 7) is 5.45. The molecule has 3 rings (SSSR count). The Morgan fingerprint density at radius 1 is 0.794 bits per heavy atom. The minimum Gasteiger partial charge on any atom is -0.494 e. The number of para-hydroxylation sites is 1. The van der Waals surface area contributed by atoms with E-state index in [9.17, 15) is 9.59 Å². The van der Waals surface area contributed by atoms with Crippen LogP contribution in [0.2, 0.25) is 0 Å². The maximum absolute atomic E-state index is 13.1. The molecule has 5 nitrogen and oxygen atoms in total. The molecular weight excluding hydrogens is 426 g/mol. The fourth-order valence-corrected chi connectivity index (χ4v) is 3.70. The maximum Gasteiger partial charge on any atom is 0.415 e. The summed E-state index contributed by atoms with van der Waals surface area (Å²) in [7, 11) is 0. The minimum atomic E-state index is -0.439. The normalized spacial score (nSPS) is 10.5. The van der Waals surface area contributed by atoms with Gasteiger partial charge in [0.1, 0.15) is 11.5 Å². The van der Waals surface area contributed by atoms with Gasteiger partial charge in [-0.15, -0.1) is 0 Å². The van der Waals surface area contributed by atoms with Gasteiger partial charge in [0.2, 0.25) is 0 Å². The number of benzene rings is 3. The van der Waals surface area contributed by atoms with Crippen molar-refractivity contribution in [2.45, 2.75) is 39.5 Å². The van der Waals surface area contributed by atoms with E-state index in [2.05, 4.69) is 12.1 Å². The molecule has 1 amide bonds. The van der Waals surface area contributed by atoms with Gasteiger partial charge in [-0.2, -0.15) is 0 Å². The van der Waals surface area contributed by atoms with E-state index < -0.39 is 6.09 Å². The minimum absolute atomic E-state index is 0.0306. The van der Waals surface area contributed by atoms with Crippen molar-refractivity contribution in [2.75, 3.05) is 19.7 Å². The number of nitrogens with zero attached hydrogens (tertiary/aromatic N) is 1. The molecular formula is C29H33NO4. The molecule has 0 radical (unpaired) electrons. The number of carbonyl (C=O) groups is 2. The first kappa shape index (κ1) is 25.0. The number of Topliss-reactive ketones (excluding diaryl/α,β-unsaturated/α-hetero) is 1. The molecule has 0 atom stereocenters. The number of unbranched alkanes of at least 4 members (excludes halogenated alkanes) is 1. The number of amides is 1. The number of carbonyl (C=O) groups excluding carboxylic acids is 2. The summed E-state index contributed by atoms with van der Waals surface area (Å²) in [5, 5.41) is 0. The van der Waals surface area contributed by atoms with Gasteiger partial charge in [0.25, 0.3) is 0 Å². The van der Waals surface area contributed by atoms with E-state index in [4.69, 9.17) is 9.47 Å². The molecule has 0 saturated heterocycles. The lowest BCUT2D eigenvalue weighted by atomic mass is 9.98. The molecule has 3 aromatic rings. The molecule has 0 aliphatic carbocycles. The highest BCUT2D eigenvalue weighted by Crippen LogP contribution is 2.25. The highest BCUT2D eigenvalue weighted by atomic mass is 16.6. The van der Waals surface area contributed by atoms with Gasteiger partial charge >= 0.3 is 6.09 Å². The second-order valence-corrected chi connectivity index (χ2v) is 8.07. The lowest BCUT2D eigenvalue weighted by Crippen LogP contribution is -2.33. The predicted molar refractivity (Wildman–Crippen MR) is 135 cm³/mol. The Bertz CT molecular complexity index is 1050. The van der Waals surface area contributed by atoms with Crippen LogP contribution >= 0.6 is 0 Å². The van der Waals surface area contributed by atoms with E-state index in [0.717, 1.165) is 23.3 Å². The van der Waals surface area contributed by atoms with E-state index in [-0.39, 0.29) is 5.78 Å². The summed E-state index contributed by atoms with van der Waals surface area (Å²) < 4.78 is 11.4.